The number of carbonyl (C=O) groups is 1. The average Bonchev–Trinajstić information content (AvgIpc) is 2.68. The summed E-state index contributed by atoms with van der Waals surface area (Å²) in [5.41, 5.74) is 9.01. The molecule has 1 aliphatic heterocycles. The van der Waals surface area contributed by atoms with Gasteiger partial charge < -0.3 is 15.8 Å². The number of halogens is 1. The lowest BCUT2D eigenvalue weighted by atomic mass is 9.73. The number of ether oxygens (including phenoxy) is 1. The van der Waals surface area contributed by atoms with Crippen LogP contribution in [-0.4, -0.2) is 19.1 Å². The molecule has 3 N–H and O–H groups in total. The van der Waals surface area contributed by atoms with E-state index in [-0.39, 0.29) is 17.8 Å². The number of benzene rings is 2. The minimum Gasteiger partial charge on any atom is -0.399 e. The number of carbonyl (C=O) groups excluding carboxylic acids is 1. The molecular weight excluding hydrogens is 343 g/mol. The summed E-state index contributed by atoms with van der Waals surface area (Å²) >= 11 is 0. The Morgan fingerprint density at radius 2 is 2.00 bits per heavy atom. The fraction of sp³-hybridized carbons (Fsp3) is 0.409. The van der Waals surface area contributed by atoms with Gasteiger partial charge in [-0.15, -0.1) is 0 Å². The molecule has 2 aromatic rings. The molecule has 4 nitrogen and oxygen atoms in total. The topological polar surface area (TPSA) is 64.3 Å². The van der Waals surface area contributed by atoms with Crippen molar-refractivity contribution < 1.29 is 13.9 Å². The highest BCUT2D eigenvalue weighted by Gasteiger charge is 2.43. The van der Waals surface area contributed by atoms with Crippen LogP contribution in [0, 0.1) is 5.82 Å². The van der Waals surface area contributed by atoms with Crippen molar-refractivity contribution in [3.05, 3.63) is 65.0 Å². The molecule has 1 heterocycles. The highest BCUT2D eigenvalue weighted by molar-refractivity contribution is 5.88. The standard InChI is InChI=1S/C22H25FN2O2/c23-17-5-2-4-16(14-17)22(9-11-27-12-10-22)21(26)25-20-6-1-3-15-13-18(24)7-8-19(15)20/h2,4-5,7-8,13-14,20H,1,3,6,9-12,24H2,(H,25,26). The van der Waals surface area contributed by atoms with E-state index in [4.69, 9.17) is 10.5 Å². The number of fused-ring (bicyclic) bond motifs is 1. The zero-order valence-electron chi connectivity index (χ0n) is 15.3. The number of hydrogen-bond acceptors (Lipinski definition) is 3. The van der Waals surface area contributed by atoms with Crippen LogP contribution in [0.5, 0.6) is 0 Å². The van der Waals surface area contributed by atoms with E-state index in [9.17, 15) is 9.18 Å². The van der Waals surface area contributed by atoms with Crippen molar-refractivity contribution in [2.24, 2.45) is 0 Å². The van der Waals surface area contributed by atoms with Crippen LogP contribution in [0.1, 0.15) is 48.4 Å². The number of hydrogen-bond donors (Lipinski definition) is 2. The SMILES string of the molecule is Nc1ccc2c(c1)CCCC2NC(=O)C1(c2cccc(F)c2)CCOCC1. The largest absolute Gasteiger partial charge is 0.399 e. The molecule has 0 saturated carbocycles. The fourth-order valence-electron chi connectivity index (χ4n) is 4.43. The Morgan fingerprint density at radius 3 is 2.78 bits per heavy atom. The highest BCUT2D eigenvalue weighted by atomic mass is 19.1. The first-order valence-corrected chi connectivity index (χ1v) is 9.61. The van der Waals surface area contributed by atoms with Crippen molar-refractivity contribution in [1.82, 2.24) is 5.32 Å². The van der Waals surface area contributed by atoms with E-state index in [2.05, 4.69) is 5.32 Å². The van der Waals surface area contributed by atoms with Crippen LogP contribution in [0.3, 0.4) is 0 Å². The number of anilines is 1. The van der Waals surface area contributed by atoms with E-state index in [1.54, 1.807) is 6.07 Å². The van der Waals surface area contributed by atoms with E-state index in [1.807, 2.05) is 24.3 Å². The van der Waals surface area contributed by atoms with Gasteiger partial charge in [-0.1, -0.05) is 18.2 Å². The summed E-state index contributed by atoms with van der Waals surface area (Å²) in [5.74, 6) is -0.351. The van der Waals surface area contributed by atoms with Crippen LogP contribution in [0.15, 0.2) is 42.5 Å². The van der Waals surface area contributed by atoms with E-state index < -0.39 is 5.41 Å². The summed E-state index contributed by atoms with van der Waals surface area (Å²) in [6.07, 6.45) is 4.01. The molecule has 0 radical (unpaired) electrons. The number of aryl methyl sites for hydroxylation is 1. The Balaban J connectivity index is 1.64. The maximum Gasteiger partial charge on any atom is 0.231 e. The quantitative estimate of drug-likeness (QED) is 0.813. The van der Waals surface area contributed by atoms with Crippen molar-refractivity contribution in [3.8, 4) is 0 Å². The Hall–Kier alpha value is -2.40. The third kappa shape index (κ3) is 3.44. The molecule has 4 rings (SSSR count). The second kappa shape index (κ2) is 7.31. The minimum atomic E-state index is -0.744. The molecule has 0 aromatic heterocycles. The van der Waals surface area contributed by atoms with Crippen molar-refractivity contribution in [3.63, 3.8) is 0 Å². The monoisotopic (exact) mass is 368 g/mol. The van der Waals surface area contributed by atoms with Gasteiger partial charge in [-0.3, -0.25) is 4.79 Å². The normalized spacial score (nSPS) is 21.3. The second-order valence-electron chi connectivity index (χ2n) is 7.58. The molecule has 142 valence electrons. The predicted molar refractivity (Wildman–Crippen MR) is 103 cm³/mol. The molecule has 1 atom stereocenters. The van der Waals surface area contributed by atoms with Gasteiger partial charge in [0.15, 0.2) is 0 Å². The zero-order valence-corrected chi connectivity index (χ0v) is 15.3. The van der Waals surface area contributed by atoms with Gasteiger partial charge in [-0.05, 0) is 73.1 Å². The summed E-state index contributed by atoms with van der Waals surface area (Å²) < 4.78 is 19.4. The summed E-state index contributed by atoms with van der Waals surface area (Å²) in [6.45, 7) is 1.00. The molecule has 1 aliphatic carbocycles. The Bertz CT molecular complexity index is 846. The zero-order chi connectivity index (χ0) is 18.9. The molecule has 1 saturated heterocycles. The Kier molecular flexibility index (Phi) is 4.87. The van der Waals surface area contributed by atoms with Crippen LogP contribution in [-0.2, 0) is 21.4 Å². The number of nitrogens with two attached hydrogens (primary N) is 1. The Labute approximate surface area is 158 Å². The lowest BCUT2D eigenvalue weighted by Crippen LogP contribution is -2.49. The molecular formula is C22H25FN2O2. The number of nitrogen functional groups attached to an aromatic ring is 1. The van der Waals surface area contributed by atoms with Crippen molar-refractivity contribution in [1.29, 1.82) is 0 Å². The first kappa shape index (κ1) is 18.0. The van der Waals surface area contributed by atoms with E-state index >= 15 is 0 Å². The maximum absolute atomic E-state index is 13.9. The van der Waals surface area contributed by atoms with E-state index in [0.717, 1.165) is 36.1 Å². The first-order chi connectivity index (χ1) is 13.1. The molecule has 2 aliphatic rings. The number of rotatable bonds is 3. The van der Waals surface area contributed by atoms with E-state index in [0.29, 0.717) is 26.1 Å². The van der Waals surface area contributed by atoms with Gasteiger partial charge >= 0.3 is 0 Å². The third-order valence-electron chi connectivity index (χ3n) is 5.94. The molecule has 1 unspecified atom stereocenters. The Morgan fingerprint density at radius 1 is 1.19 bits per heavy atom. The summed E-state index contributed by atoms with van der Waals surface area (Å²) in [6, 6.07) is 12.3. The summed E-state index contributed by atoms with van der Waals surface area (Å²) in [7, 11) is 0. The van der Waals surface area contributed by atoms with E-state index in [1.165, 1.54) is 17.7 Å². The fourth-order valence-corrected chi connectivity index (χ4v) is 4.43. The molecule has 0 bridgehead atoms. The average molecular weight is 368 g/mol. The van der Waals surface area contributed by atoms with Crippen molar-refractivity contribution in [2.45, 2.75) is 43.6 Å². The summed E-state index contributed by atoms with van der Waals surface area (Å²) in [4.78, 5) is 13.5. The van der Waals surface area contributed by atoms with Gasteiger partial charge in [0.1, 0.15) is 5.82 Å². The van der Waals surface area contributed by atoms with Crippen LogP contribution >= 0.6 is 0 Å². The predicted octanol–water partition coefficient (Wildman–Crippen LogP) is 3.65. The maximum atomic E-state index is 13.9. The van der Waals surface area contributed by atoms with Gasteiger partial charge in [0, 0.05) is 18.9 Å². The second-order valence-corrected chi connectivity index (χ2v) is 7.58. The molecule has 1 fully saturated rings. The van der Waals surface area contributed by atoms with Crippen LogP contribution in [0.2, 0.25) is 0 Å². The minimum absolute atomic E-state index is 0.0323. The summed E-state index contributed by atoms with van der Waals surface area (Å²) in [5, 5.41) is 3.27. The molecule has 27 heavy (non-hydrogen) atoms. The van der Waals surface area contributed by atoms with Crippen LogP contribution in [0.4, 0.5) is 10.1 Å². The highest BCUT2D eigenvalue weighted by Crippen LogP contribution is 2.38. The molecule has 5 heteroatoms. The van der Waals surface area contributed by atoms with Crippen LogP contribution < -0.4 is 11.1 Å². The van der Waals surface area contributed by atoms with Gasteiger partial charge in [0.25, 0.3) is 0 Å². The smallest absolute Gasteiger partial charge is 0.231 e. The van der Waals surface area contributed by atoms with Crippen molar-refractivity contribution >= 4 is 11.6 Å². The lowest BCUT2D eigenvalue weighted by Gasteiger charge is -2.38. The van der Waals surface area contributed by atoms with Gasteiger partial charge in [-0.25, -0.2) is 4.39 Å². The number of amides is 1. The van der Waals surface area contributed by atoms with Crippen molar-refractivity contribution in [2.75, 3.05) is 18.9 Å². The molecule has 2 aromatic carbocycles. The number of nitrogens with one attached hydrogen (secondary N) is 1. The molecule has 1 amide bonds. The van der Waals surface area contributed by atoms with Gasteiger partial charge in [-0.2, -0.15) is 0 Å². The lowest BCUT2D eigenvalue weighted by molar-refractivity contribution is -0.131. The van der Waals surface area contributed by atoms with Gasteiger partial charge in [0.05, 0.1) is 11.5 Å². The third-order valence-corrected chi connectivity index (χ3v) is 5.94. The van der Waals surface area contributed by atoms with Crippen LogP contribution in [0.25, 0.3) is 0 Å². The molecule has 0 spiro atoms. The first-order valence-electron chi connectivity index (χ1n) is 9.61. The van der Waals surface area contributed by atoms with Gasteiger partial charge in [0.2, 0.25) is 5.91 Å².